The first-order chi connectivity index (χ1) is 10.1. The standard InChI is InChI=1S/C16H15NO4/c1-21-15-8-4-5-11(16(15)20)9-17-10-14(19)12-6-2-3-7-13(12)18/h2-9,18,20H,10H2,1H3. The smallest absolute Gasteiger partial charge is 0.187 e. The summed E-state index contributed by atoms with van der Waals surface area (Å²) >= 11 is 0. The highest BCUT2D eigenvalue weighted by Crippen LogP contribution is 2.28. The molecule has 0 atom stereocenters. The quantitative estimate of drug-likeness (QED) is 0.653. The number of benzene rings is 2. The summed E-state index contributed by atoms with van der Waals surface area (Å²) in [6.45, 7) is -0.117. The lowest BCUT2D eigenvalue weighted by Crippen LogP contribution is -2.04. The van der Waals surface area contributed by atoms with Crippen LogP contribution in [0.25, 0.3) is 0 Å². The van der Waals surface area contributed by atoms with E-state index in [0.29, 0.717) is 11.3 Å². The maximum Gasteiger partial charge on any atom is 0.187 e. The van der Waals surface area contributed by atoms with Crippen molar-refractivity contribution in [2.24, 2.45) is 4.99 Å². The van der Waals surface area contributed by atoms with E-state index in [2.05, 4.69) is 4.99 Å². The van der Waals surface area contributed by atoms with Crippen LogP contribution in [-0.2, 0) is 0 Å². The Kier molecular flexibility index (Phi) is 4.56. The summed E-state index contributed by atoms with van der Waals surface area (Å²) in [5, 5.41) is 19.5. The predicted octanol–water partition coefficient (Wildman–Crippen LogP) is 2.41. The Labute approximate surface area is 122 Å². The van der Waals surface area contributed by atoms with Crippen LogP contribution in [0.2, 0.25) is 0 Å². The summed E-state index contributed by atoms with van der Waals surface area (Å²) < 4.78 is 4.99. The lowest BCUT2D eigenvalue weighted by Gasteiger charge is -2.05. The molecule has 0 heterocycles. The van der Waals surface area contributed by atoms with Gasteiger partial charge >= 0.3 is 0 Å². The van der Waals surface area contributed by atoms with Crippen molar-refractivity contribution >= 4 is 12.0 Å². The number of hydrogen-bond acceptors (Lipinski definition) is 5. The van der Waals surface area contributed by atoms with E-state index in [-0.39, 0.29) is 29.4 Å². The van der Waals surface area contributed by atoms with E-state index in [1.807, 2.05) is 0 Å². The zero-order valence-electron chi connectivity index (χ0n) is 11.5. The van der Waals surface area contributed by atoms with Crippen LogP contribution < -0.4 is 4.74 Å². The average Bonchev–Trinajstić information content (AvgIpc) is 2.49. The van der Waals surface area contributed by atoms with E-state index in [4.69, 9.17) is 4.74 Å². The summed E-state index contributed by atoms with van der Waals surface area (Å²) in [6.07, 6.45) is 1.40. The summed E-state index contributed by atoms with van der Waals surface area (Å²) in [5.41, 5.74) is 0.684. The number of phenols is 2. The molecule has 2 aromatic rings. The molecule has 0 fully saturated rings. The summed E-state index contributed by atoms with van der Waals surface area (Å²) in [4.78, 5) is 15.9. The van der Waals surface area contributed by atoms with E-state index in [1.54, 1.807) is 30.3 Å². The third kappa shape index (κ3) is 3.39. The Balaban J connectivity index is 2.10. The third-order valence-electron chi connectivity index (χ3n) is 2.92. The number of aromatic hydroxyl groups is 2. The zero-order valence-corrected chi connectivity index (χ0v) is 11.5. The van der Waals surface area contributed by atoms with Crippen molar-refractivity contribution in [3.8, 4) is 17.2 Å². The number of ketones is 1. The van der Waals surface area contributed by atoms with Gasteiger partial charge < -0.3 is 14.9 Å². The Hall–Kier alpha value is -2.82. The van der Waals surface area contributed by atoms with Crippen molar-refractivity contribution in [2.75, 3.05) is 13.7 Å². The number of nitrogens with zero attached hydrogens (tertiary/aromatic N) is 1. The molecular weight excluding hydrogens is 270 g/mol. The molecule has 2 rings (SSSR count). The fourth-order valence-electron chi connectivity index (χ4n) is 1.83. The van der Waals surface area contributed by atoms with Gasteiger partial charge in [-0.15, -0.1) is 0 Å². The van der Waals surface area contributed by atoms with Crippen LogP contribution in [0.4, 0.5) is 0 Å². The Morgan fingerprint density at radius 1 is 1.19 bits per heavy atom. The van der Waals surface area contributed by atoms with Crippen molar-refractivity contribution < 1.29 is 19.7 Å². The predicted molar refractivity (Wildman–Crippen MR) is 79.6 cm³/mol. The van der Waals surface area contributed by atoms with Crippen LogP contribution in [0.5, 0.6) is 17.2 Å². The molecule has 0 saturated carbocycles. The molecule has 2 aromatic carbocycles. The molecule has 0 spiro atoms. The number of rotatable bonds is 5. The number of methoxy groups -OCH3 is 1. The molecule has 0 aliphatic heterocycles. The first-order valence-electron chi connectivity index (χ1n) is 6.30. The molecule has 0 amide bonds. The minimum absolute atomic E-state index is 0.0289. The Bertz CT molecular complexity index is 680. The molecular formula is C16H15NO4. The van der Waals surface area contributed by atoms with Gasteiger partial charge in [0.15, 0.2) is 17.3 Å². The number of aliphatic imine (C=N–C) groups is 1. The van der Waals surface area contributed by atoms with Crippen molar-refractivity contribution in [1.29, 1.82) is 0 Å². The molecule has 2 N–H and O–H groups in total. The number of ether oxygens (including phenoxy) is 1. The van der Waals surface area contributed by atoms with Gasteiger partial charge in [0.25, 0.3) is 0 Å². The lowest BCUT2D eigenvalue weighted by molar-refractivity contribution is 0.0999. The van der Waals surface area contributed by atoms with Crippen LogP contribution >= 0.6 is 0 Å². The number of carbonyl (C=O) groups excluding carboxylic acids is 1. The van der Waals surface area contributed by atoms with E-state index in [1.165, 1.54) is 25.5 Å². The van der Waals surface area contributed by atoms with Gasteiger partial charge in [0.2, 0.25) is 0 Å². The van der Waals surface area contributed by atoms with E-state index >= 15 is 0 Å². The average molecular weight is 285 g/mol. The van der Waals surface area contributed by atoms with Gasteiger partial charge in [-0.3, -0.25) is 9.79 Å². The van der Waals surface area contributed by atoms with Gasteiger partial charge in [-0.05, 0) is 24.3 Å². The SMILES string of the molecule is COc1cccc(C=NCC(=O)c2ccccc2O)c1O. The molecule has 108 valence electrons. The molecule has 0 saturated heterocycles. The molecule has 0 aromatic heterocycles. The Morgan fingerprint density at radius 3 is 2.67 bits per heavy atom. The number of para-hydroxylation sites is 2. The number of carbonyl (C=O) groups is 1. The second kappa shape index (κ2) is 6.56. The topological polar surface area (TPSA) is 79.1 Å². The molecule has 5 nitrogen and oxygen atoms in total. The molecule has 0 unspecified atom stereocenters. The first kappa shape index (κ1) is 14.6. The van der Waals surface area contributed by atoms with Crippen molar-refractivity contribution in [1.82, 2.24) is 0 Å². The summed E-state index contributed by atoms with van der Waals surface area (Å²) in [6, 6.07) is 11.3. The summed E-state index contributed by atoms with van der Waals surface area (Å²) in [7, 11) is 1.46. The highest BCUT2D eigenvalue weighted by Gasteiger charge is 2.09. The fraction of sp³-hybridized carbons (Fsp3) is 0.125. The minimum Gasteiger partial charge on any atom is -0.507 e. The van der Waals surface area contributed by atoms with Gasteiger partial charge in [0.1, 0.15) is 12.3 Å². The van der Waals surface area contributed by atoms with Crippen molar-refractivity contribution in [3.05, 3.63) is 53.6 Å². The molecule has 21 heavy (non-hydrogen) atoms. The van der Waals surface area contributed by atoms with Gasteiger partial charge in [0.05, 0.1) is 12.7 Å². The molecule has 0 aliphatic carbocycles. The highest BCUT2D eigenvalue weighted by molar-refractivity contribution is 6.01. The van der Waals surface area contributed by atoms with Crippen LogP contribution in [0.15, 0.2) is 47.5 Å². The largest absolute Gasteiger partial charge is 0.507 e. The highest BCUT2D eigenvalue weighted by atomic mass is 16.5. The van der Waals surface area contributed by atoms with Crippen molar-refractivity contribution in [2.45, 2.75) is 0 Å². The van der Waals surface area contributed by atoms with Gasteiger partial charge in [-0.2, -0.15) is 0 Å². The second-order valence-electron chi connectivity index (χ2n) is 4.31. The monoisotopic (exact) mass is 285 g/mol. The minimum atomic E-state index is -0.299. The van der Waals surface area contributed by atoms with Crippen LogP contribution in [-0.4, -0.2) is 35.9 Å². The number of hydrogen-bond donors (Lipinski definition) is 2. The van der Waals surface area contributed by atoms with Crippen LogP contribution in [0.1, 0.15) is 15.9 Å². The number of phenolic OH excluding ortho intramolecular Hbond substituents is 2. The molecule has 0 radical (unpaired) electrons. The molecule has 0 bridgehead atoms. The van der Waals surface area contributed by atoms with E-state index in [0.717, 1.165) is 0 Å². The first-order valence-corrected chi connectivity index (χ1v) is 6.30. The van der Waals surface area contributed by atoms with E-state index in [9.17, 15) is 15.0 Å². The normalized spacial score (nSPS) is 10.7. The van der Waals surface area contributed by atoms with Gasteiger partial charge in [-0.25, -0.2) is 0 Å². The zero-order chi connectivity index (χ0) is 15.2. The second-order valence-corrected chi connectivity index (χ2v) is 4.31. The van der Waals surface area contributed by atoms with Gasteiger partial charge in [-0.1, -0.05) is 18.2 Å². The van der Waals surface area contributed by atoms with Gasteiger partial charge in [0, 0.05) is 11.8 Å². The lowest BCUT2D eigenvalue weighted by atomic mass is 10.1. The maximum atomic E-state index is 11.9. The fourth-order valence-corrected chi connectivity index (χ4v) is 1.83. The maximum absolute atomic E-state index is 11.9. The van der Waals surface area contributed by atoms with Crippen LogP contribution in [0.3, 0.4) is 0 Å². The molecule has 5 heteroatoms. The third-order valence-corrected chi connectivity index (χ3v) is 2.92. The summed E-state index contributed by atoms with van der Waals surface area (Å²) in [5.74, 6) is -0.0570. The van der Waals surface area contributed by atoms with Crippen molar-refractivity contribution in [3.63, 3.8) is 0 Å². The van der Waals surface area contributed by atoms with E-state index < -0.39 is 0 Å². The molecule has 0 aliphatic rings. The number of Topliss-reactive ketones (excluding diaryl/α,β-unsaturated/α-hetero) is 1. The Morgan fingerprint density at radius 2 is 1.95 bits per heavy atom. The van der Waals surface area contributed by atoms with Crippen LogP contribution in [0, 0.1) is 0 Å².